The molecule has 0 spiro atoms. The highest BCUT2D eigenvalue weighted by Crippen LogP contribution is 2.27. The standard InChI is InChI=1S/C14H14FNO2/c1-9-8-11(5-6-13(9)15)18-14-12(10(2)17)4-3-7-16-14/h3-8,10,17H,1-2H3. The van der Waals surface area contributed by atoms with E-state index in [2.05, 4.69) is 4.98 Å². The molecule has 0 bridgehead atoms. The molecule has 0 amide bonds. The zero-order chi connectivity index (χ0) is 13.1. The number of benzene rings is 1. The lowest BCUT2D eigenvalue weighted by molar-refractivity contribution is 0.194. The quantitative estimate of drug-likeness (QED) is 0.904. The molecule has 2 rings (SSSR count). The van der Waals surface area contributed by atoms with Crippen LogP contribution in [0.15, 0.2) is 36.5 Å². The smallest absolute Gasteiger partial charge is 0.225 e. The molecule has 0 aliphatic rings. The number of aliphatic hydroxyl groups excluding tert-OH is 1. The molecular weight excluding hydrogens is 233 g/mol. The van der Waals surface area contributed by atoms with Gasteiger partial charge >= 0.3 is 0 Å². The number of hydrogen-bond acceptors (Lipinski definition) is 3. The first-order chi connectivity index (χ1) is 8.58. The van der Waals surface area contributed by atoms with Crippen molar-refractivity contribution >= 4 is 0 Å². The Labute approximate surface area is 105 Å². The summed E-state index contributed by atoms with van der Waals surface area (Å²) in [5.41, 5.74) is 1.10. The molecule has 2 aromatic rings. The normalized spacial score (nSPS) is 12.2. The molecule has 0 saturated heterocycles. The second-order valence-corrected chi connectivity index (χ2v) is 4.09. The minimum absolute atomic E-state index is 0.279. The zero-order valence-corrected chi connectivity index (χ0v) is 10.2. The SMILES string of the molecule is Cc1cc(Oc2ncccc2C(C)O)ccc1F. The molecular formula is C14H14FNO2. The van der Waals surface area contributed by atoms with Gasteiger partial charge in [-0.2, -0.15) is 0 Å². The van der Waals surface area contributed by atoms with Gasteiger partial charge in [-0.05, 0) is 49.7 Å². The Balaban J connectivity index is 2.31. The molecule has 1 heterocycles. The number of nitrogens with zero attached hydrogens (tertiary/aromatic N) is 1. The van der Waals surface area contributed by atoms with Crippen molar-refractivity contribution in [2.75, 3.05) is 0 Å². The summed E-state index contributed by atoms with van der Waals surface area (Å²) >= 11 is 0. The number of hydrogen-bond donors (Lipinski definition) is 1. The van der Waals surface area contributed by atoms with Crippen LogP contribution in [0.5, 0.6) is 11.6 Å². The minimum atomic E-state index is -0.671. The number of rotatable bonds is 3. The van der Waals surface area contributed by atoms with E-state index in [1.165, 1.54) is 12.1 Å². The van der Waals surface area contributed by atoms with Gasteiger partial charge in [0.05, 0.1) is 6.10 Å². The highest BCUT2D eigenvalue weighted by molar-refractivity contribution is 5.35. The van der Waals surface area contributed by atoms with Gasteiger partial charge in [-0.25, -0.2) is 9.37 Å². The summed E-state index contributed by atoms with van der Waals surface area (Å²) in [5, 5.41) is 9.60. The van der Waals surface area contributed by atoms with Crippen molar-refractivity contribution in [1.29, 1.82) is 0 Å². The summed E-state index contributed by atoms with van der Waals surface area (Å²) in [6.45, 7) is 3.30. The van der Waals surface area contributed by atoms with Crippen molar-refractivity contribution < 1.29 is 14.2 Å². The number of aliphatic hydroxyl groups is 1. The average Bonchev–Trinajstić information content (AvgIpc) is 2.34. The van der Waals surface area contributed by atoms with Crippen LogP contribution in [0.25, 0.3) is 0 Å². The number of ether oxygens (including phenoxy) is 1. The first kappa shape index (κ1) is 12.5. The van der Waals surface area contributed by atoms with Crippen molar-refractivity contribution in [2.45, 2.75) is 20.0 Å². The first-order valence-corrected chi connectivity index (χ1v) is 5.65. The van der Waals surface area contributed by atoms with E-state index in [-0.39, 0.29) is 5.82 Å². The third-order valence-electron chi connectivity index (χ3n) is 2.59. The molecule has 18 heavy (non-hydrogen) atoms. The van der Waals surface area contributed by atoms with Gasteiger partial charge in [0.2, 0.25) is 5.88 Å². The summed E-state index contributed by atoms with van der Waals surface area (Å²) in [5.74, 6) is 0.548. The van der Waals surface area contributed by atoms with E-state index in [1.54, 1.807) is 38.2 Å². The maximum absolute atomic E-state index is 13.1. The highest BCUT2D eigenvalue weighted by Gasteiger charge is 2.11. The van der Waals surface area contributed by atoms with E-state index in [1.807, 2.05) is 0 Å². The first-order valence-electron chi connectivity index (χ1n) is 5.65. The van der Waals surface area contributed by atoms with E-state index in [0.717, 1.165) is 0 Å². The summed E-state index contributed by atoms with van der Waals surface area (Å²) in [6, 6.07) is 7.93. The number of pyridine rings is 1. The van der Waals surface area contributed by atoms with Crippen molar-refractivity contribution in [1.82, 2.24) is 4.98 Å². The van der Waals surface area contributed by atoms with Crippen LogP contribution in [0.3, 0.4) is 0 Å². The van der Waals surface area contributed by atoms with Crippen LogP contribution in [0.2, 0.25) is 0 Å². The predicted molar refractivity (Wildman–Crippen MR) is 66.1 cm³/mol. The van der Waals surface area contributed by atoms with Gasteiger partial charge in [0, 0.05) is 11.8 Å². The monoisotopic (exact) mass is 247 g/mol. The van der Waals surface area contributed by atoms with Crippen LogP contribution in [0.4, 0.5) is 4.39 Å². The molecule has 0 radical (unpaired) electrons. The Kier molecular flexibility index (Phi) is 3.58. The van der Waals surface area contributed by atoms with E-state index in [0.29, 0.717) is 22.8 Å². The fourth-order valence-corrected chi connectivity index (χ4v) is 1.60. The van der Waals surface area contributed by atoms with Crippen molar-refractivity contribution in [3.05, 3.63) is 53.5 Å². The number of aryl methyl sites for hydroxylation is 1. The van der Waals surface area contributed by atoms with Crippen molar-refractivity contribution in [3.63, 3.8) is 0 Å². The maximum atomic E-state index is 13.1. The minimum Gasteiger partial charge on any atom is -0.439 e. The third kappa shape index (κ3) is 2.65. The van der Waals surface area contributed by atoms with Crippen molar-refractivity contribution in [3.8, 4) is 11.6 Å². The lowest BCUT2D eigenvalue weighted by atomic mass is 10.2. The van der Waals surface area contributed by atoms with Gasteiger partial charge in [-0.3, -0.25) is 0 Å². The van der Waals surface area contributed by atoms with Crippen LogP contribution in [-0.4, -0.2) is 10.1 Å². The fraction of sp³-hybridized carbons (Fsp3) is 0.214. The van der Waals surface area contributed by atoms with E-state index < -0.39 is 6.10 Å². The average molecular weight is 247 g/mol. The van der Waals surface area contributed by atoms with Gasteiger partial charge in [-0.15, -0.1) is 0 Å². The molecule has 0 aliphatic carbocycles. The summed E-state index contributed by atoms with van der Waals surface area (Å²) in [6.07, 6.45) is 0.910. The Morgan fingerprint density at radius 2 is 2.11 bits per heavy atom. The molecule has 4 heteroatoms. The molecule has 0 aliphatic heterocycles. The summed E-state index contributed by atoms with van der Waals surface area (Å²) in [4.78, 5) is 4.07. The third-order valence-corrected chi connectivity index (χ3v) is 2.59. The van der Waals surface area contributed by atoms with Crippen LogP contribution in [0.1, 0.15) is 24.2 Å². The van der Waals surface area contributed by atoms with Gasteiger partial charge in [-0.1, -0.05) is 0 Å². The lowest BCUT2D eigenvalue weighted by Crippen LogP contribution is -1.98. The molecule has 1 aromatic heterocycles. The molecule has 1 atom stereocenters. The Bertz CT molecular complexity index is 555. The van der Waals surface area contributed by atoms with E-state index in [9.17, 15) is 9.50 Å². The lowest BCUT2D eigenvalue weighted by Gasteiger charge is -2.12. The van der Waals surface area contributed by atoms with Gasteiger partial charge in [0.25, 0.3) is 0 Å². The van der Waals surface area contributed by atoms with E-state index in [4.69, 9.17) is 4.74 Å². The molecule has 1 unspecified atom stereocenters. The fourth-order valence-electron chi connectivity index (χ4n) is 1.60. The summed E-state index contributed by atoms with van der Waals surface area (Å²) in [7, 11) is 0. The van der Waals surface area contributed by atoms with Crippen LogP contribution in [0, 0.1) is 12.7 Å². The van der Waals surface area contributed by atoms with Crippen LogP contribution >= 0.6 is 0 Å². The topological polar surface area (TPSA) is 42.4 Å². The Hall–Kier alpha value is -1.94. The zero-order valence-electron chi connectivity index (χ0n) is 10.2. The molecule has 94 valence electrons. The maximum Gasteiger partial charge on any atom is 0.225 e. The van der Waals surface area contributed by atoms with Gasteiger partial charge in [0.15, 0.2) is 0 Å². The number of halogens is 1. The molecule has 1 N–H and O–H groups in total. The van der Waals surface area contributed by atoms with Crippen LogP contribution < -0.4 is 4.74 Å². The Morgan fingerprint density at radius 1 is 1.33 bits per heavy atom. The second kappa shape index (κ2) is 5.14. The largest absolute Gasteiger partial charge is 0.439 e. The van der Waals surface area contributed by atoms with Gasteiger partial charge < -0.3 is 9.84 Å². The Morgan fingerprint density at radius 3 is 2.78 bits per heavy atom. The summed E-state index contributed by atoms with van der Waals surface area (Å²) < 4.78 is 18.7. The molecule has 3 nitrogen and oxygen atoms in total. The van der Waals surface area contributed by atoms with Crippen LogP contribution in [-0.2, 0) is 0 Å². The predicted octanol–water partition coefficient (Wildman–Crippen LogP) is 3.37. The van der Waals surface area contributed by atoms with E-state index >= 15 is 0 Å². The second-order valence-electron chi connectivity index (χ2n) is 4.09. The molecule has 1 aromatic carbocycles. The van der Waals surface area contributed by atoms with Gasteiger partial charge in [0.1, 0.15) is 11.6 Å². The molecule has 0 fully saturated rings. The molecule has 0 saturated carbocycles. The number of aromatic nitrogens is 1. The van der Waals surface area contributed by atoms with Crippen molar-refractivity contribution in [2.24, 2.45) is 0 Å². The highest BCUT2D eigenvalue weighted by atomic mass is 19.1.